The standard InChI is InChI=1S/C23H19F4NO5/c1-22(2,21(30)31)28-20(29)17-11-18(24)15-5-3-4-6-16(15)19(17)32-12-13-7-9-14(10-8-13)33-23(25,26)27/h3-11H,12H2,1-2H3,(H,28,29)(H,30,31). The van der Waals surface area contributed by atoms with Crippen molar-refractivity contribution in [3.05, 3.63) is 71.5 Å². The lowest BCUT2D eigenvalue weighted by Crippen LogP contribution is -2.49. The Kier molecular flexibility index (Phi) is 6.48. The van der Waals surface area contributed by atoms with E-state index in [1.165, 1.54) is 38.1 Å². The molecule has 0 saturated carbocycles. The Morgan fingerprint density at radius 3 is 2.18 bits per heavy atom. The number of hydrogen-bond acceptors (Lipinski definition) is 4. The number of carbonyl (C=O) groups is 2. The van der Waals surface area contributed by atoms with Crippen molar-refractivity contribution in [1.82, 2.24) is 5.32 Å². The Balaban J connectivity index is 1.94. The number of hydrogen-bond donors (Lipinski definition) is 2. The van der Waals surface area contributed by atoms with Crippen molar-refractivity contribution >= 4 is 22.6 Å². The van der Waals surface area contributed by atoms with Crippen LogP contribution in [0.1, 0.15) is 29.8 Å². The molecule has 0 heterocycles. The number of carboxylic acid groups (broad SMARTS) is 1. The molecule has 0 saturated heterocycles. The molecule has 33 heavy (non-hydrogen) atoms. The van der Waals surface area contributed by atoms with Gasteiger partial charge in [-0.1, -0.05) is 36.4 Å². The molecule has 0 fully saturated rings. The molecule has 3 aromatic rings. The van der Waals surface area contributed by atoms with Crippen LogP contribution in [0.25, 0.3) is 10.8 Å². The van der Waals surface area contributed by atoms with E-state index in [1.807, 2.05) is 0 Å². The molecule has 3 aromatic carbocycles. The van der Waals surface area contributed by atoms with Crippen molar-refractivity contribution in [1.29, 1.82) is 0 Å². The number of carbonyl (C=O) groups excluding carboxylic acids is 1. The molecule has 6 nitrogen and oxygen atoms in total. The van der Waals surface area contributed by atoms with Crippen LogP contribution in [0.3, 0.4) is 0 Å². The SMILES string of the molecule is CC(C)(NC(=O)c1cc(F)c2ccccc2c1OCc1ccc(OC(F)(F)F)cc1)C(=O)O. The van der Waals surface area contributed by atoms with Gasteiger partial charge in [0.2, 0.25) is 0 Å². The number of alkyl halides is 3. The second-order valence-electron chi connectivity index (χ2n) is 7.65. The van der Waals surface area contributed by atoms with Crippen LogP contribution in [-0.2, 0) is 11.4 Å². The number of rotatable bonds is 7. The summed E-state index contributed by atoms with van der Waals surface area (Å²) in [4.78, 5) is 24.2. The smallest absolute Gasteiger partial charge is 0.487 e. The van der Waals surface area contributed by atoms with Crippen LogP contribution in [0.2, 0.25) is 0 Å². The molecular formula is C23H19F4NO5. The molecule has 3 rings (SSSR count). The van der Waals surface area contributed by atoms with Crippen molar-refractivity contribution < 1.29 is 41.7 Å². The molecule has 2 N–H and O–H groups in total. The van der Waals surface area contributed by atoms with E-state index in [-0.39, 0.29) is 28.7 Å². The average Bonchev–Trinajstić information content (AvgIpc) is 2.72. The predicted molar refractivity (Wildman–Crippen MR) is 111 cm³/mol. The molecule has 0 atom stereocenters. The zero-order chi connectivity index (χ0) is 24.4. The van der Waals surface area contributed by atoms with Gasteiger partial charge in [0.25, 0.3) is 5.91 Å². The fourth-order valence-corrected chi connectivity index (χ4v) is 2.98. The van der Waals surface area contributed by atoms with Crippen LogP contribution in [0, 0.1) is 5.82 Å². The first-order chi connectivity index (χ1) is 15.4. The molecule has 174 valence electrons. The van der Waals surface area contributed by atoms with E-state index in [2.05, 4.69) is 10.1 Å². The quantitative estimate of drug-likeness (QED) is 0.477. The van der Waals surface area contributed by atoms with Gasteiger partial charge in [-0.2, -0.15) is 0 Å². The number of ether oxygens (including phenoxy) is 2. The van der Waals surface area contributed by atoms with E-state index >= 15 is 0 Å². The zero-order valence-electron chi connectivity index (χ0n) is 17.5. The molecule has 0 aliphatic rings. The van der Waals surface area contributed by atoms with Gasteiger partial charge in [0.05, 0.1) is 5.56 Å². The molecule has 0 bridgehead atoms. The molecule has 0 aromatic heterocycles. The summed E-state index contributed by atoms with van der Waals surface area (Å²) in [6.07, 6.45) is -4.82. The van der Waals surface area contributed by atoms with Gasteiger partial charge in [-0.3, -0.25) is 4.79 Å². The summed E-state index contributed by atoms with van der Waals surface area (Å²) in [5.41, 5.74) is -1.40. The lowest BCUT2D eigenvalue weighted by Gasteiger charge is -2.22. The summed E-state index contributed by atoms with van der Waals surface area (Å²) < 4.78 is 61.3. The number of nitrogens with one attached hydrogen (secondary N) is 1. The summed E-state index contributed by atoms with van der Waals surface area (Å²) in [6.45, 7) is 2.38. The summed E-state index contributed by atoms with van der Waals surface area (Å²) in [6, 6.07) is 12.1. The van der Waals surface area contributed by atoms with E-state index in [0.29, 0.717) is 5.56 Å². The Morgan fingerprint density at radius 1 is 1.00 bits per heavy atom. The molecule has 1 amide bonds. The fourth-order valence-electron chi connectivity index (χ4n) is 2.98. The van der Waals surface area contributed by atoms with Gasteiger partial charge >= 0.3 is 12.3 Å². The van der Waals surface area contributed by atoms with Crippen LogP contribution in [0.5, 0.6) is 11.5 Å². The molecule has 10 heteroatoms. The third-order valence-corrected chi connectivity index (χ3v) is 4.69. The summed E-state index contributed by atoms with van der Waals surface area (Å²) in [7, 11) is 0. The third-order valence-electron chi connectivity index (χ3n) is 4.69. The van der Waals surface area contributed by atoms with Gasteiger partial charge < -0.3 is 19.9 Å². The maximum absolute atomic E-state index is 14.7. The minimum atomic E-state index is -4.82. The highest BCUT2D eigenvalue weighted by atomic mass is 19.4. The van der Waals surface area contributed by atoms with Crippen molar-refractivity contribution in [2.75, 3.05) is 0 Å². The highest BCUT2D eigenvalue weighted by molar-refractivity contribution is 6.05. The van der Waals surface area contributed by atoms with Gasteiger partial charge in [0.15, 0.2) is 0 Å². The number of fused-ring (bicyclic) bond motifs is 1. The van der Waals surface area contributed by atoms with Crippen LogP contribution in [0.15, 0.2) is 54.6 Å². The maximum atomic E-state index is 14.7. The second kappa shape index (κ2) is 8.97. The van der Waals surface area contributed by atoms with Crippen LogP contribution >= 0.6 is 0 Å². The van der Waals surface area contributed by atoms with E-state index < -0.39 is 35.3 Å². The third kappa shape index (κ3) is 5.71. The molecule has 0 unspecified atom stereocenters. The summed E-state index contributed by atoms with van der Waals surface area (Å²) >= 11 is 0. The molecule has 0 spiro atoms. The predicted octanol–water partition coefficient (Wildman–Crippen LogP) is 5.05. The Labute approximate surface area is 185 Å². The van der Waals surface area contributed by atoms with Gasteiger partial charge in [-0.25, -0.2) is 9.18 Å². The van der Waals surface area contributed by atoms with E-state index in [1.54, 1.807) is 12.1 Å². The Hall–Kier alpha value is -3.82. The molecule has 0 aliphatic carbocycles. The summed E-state index contributed by atoms with van der Waals surface area (Å²) in [5.74, 6) is -3.27. The topological polar surface area (TPSA) is 84.9 Å². The number of carboxylic acids is 1. The number of aliphatic carboxylic acids is 1. The first-order valence-corrected chi connectivity index (χ1v) is 9.62. The maximum Gasteiger partial charge on any atom is 0.573 e. The monoisotopic (exact) mass is 465 g/mol. The van der Waals surface area contributed by atoms with E-state index in [9.17, 15) is 32.3 Å². The summed E-state index contributed by atoms with van der Waals surface area (Å²) in [5, 5.41) is 12.0. The van der Waals surface area contributed by atoms with Crippen LogP contribution < -0.4 is 14.8 Å². The normalized spacial score (nSPS) is 11.8. The number of benzene rings is 3. The molecular weight excluding hydrogens is 446 g/mol. The fraction of sp³-hybridized carbons (Fsp3) is 0.217. The van der Waals surface area contributed by atoms with Crippen molar-refractivity contribution in [3.8, 4) is 11.5 Å². The zero-order valence-corrected chi connectivity index (χ0v) is 17.5. The first-order valence-electron chi connectivity index (χ1n) is 9.62. The minimum absolute atomic E-state index is 0.00121. The lowest BCUT2D eigenvalue weighted by atomic mass is 10.0. The highest BCUT2D eigenvalue weighted by Gasteiger charge is 2.32. The lowest BCUT2D eigenvalue weighted by molar-refractivity contribution is -0.274. The van der Waals surface area contributed by atoms with E-state index in [0.717, 1.165) is 18.2 Å². The first kappa shape index (κ1) is 23.8. The van der Waals surface area contributed by atoms with Crippen molar-refractivity contribution in [2.45, 2.75) is 32.4 Å². The Morgan fingerprint density at radius 2 is 1.61 bits per heavy atom. The van der Waals surface area contributed by atoms with Crippen LogP contribution in [-0.4, -0.2) is 28.9 Å². The van der Waals surface area contributed by atoms with Crippen molar-refractivity contribution in [2.24, 2.45) is 0 Å². The second-order valence-corrected chi connectivity index (χ2v) is 7.65. The average molecular weight is 465 g/mol. The molecule has 0 aliphatic heterocycles. The molecule has 0 radical (unpaired) electrons. The number of amides is 1. The Bertz CT molecular complexity index is 1190. The van der Waals surface area contributed by atoms with Gasteiger partial charge in [0.1, 0.15) is 29.5 Å². The van der Waals surface area contributed by atoms with Gasteiger partial charge in [-0.15, -0.1) is 13.2 Å². The highest BCUT2D eigenvalue weighted by Crippen LogP contribution is 2.33. The van der Waals surface area contributed by atoms with Crippen molar-refractivity contribution in [3.63, 3.8) is 0 Å². The van der Waals surface area contributed by atoms with E-state index in [4.69, 9.17) is 4.74 Å². The number of halogens is 4. The van der Waals surface area contributed by atoms with Crippen LogP contribution in [0.4, 0.5) is 17.6 Å². The van der Waals surface area contributed by atoms with Gasteiger partial charge in [0, 0.05) is 10.8 Å². The largest absolute Gasteiger partial charge is 0.573 e. The minimum Gasteiger partial charge on any atom is -0.487 e. The van der Waals surface area contributed by atoms with Gasteiger partial charge in [-0.05, 0) is 37.6 Å².